The van der Waals surface area contributed by atoms with Crippen molar-refractivity contribution < 1.29 is 24.1 Å². The lowest BCUT2D eigenvalue weighted by Crippen LogP contribution is -2.34. The summed E-state index contributed by atoms with van der Waals surface area (Å²) in [6.45, 7) is 9.92. The van der Waals surface area contributed by atoms with Gasteiger partial charge in [-0.3, -0.25) is 9.59 Å². The van der Waals surface area contributed by atoms with Gasteiger partial charge >= 0.3 is 11.9 Å². The van der Waals surface area contributed by atoms with Gasteiger partial charge in [0.25, 0.3) is 0 Å². The van der Waals surface area contributed by atoms with Gasteiger partial charge in [-0.1, -0.05) is 0 Å². The summed E-state index contributed by atoms with van der Waals surface area (Å²) in [7, 11) is 0. The molecule has 0 aromatic rings. The number of hydrogen-bond acceptors (Lipinski definition) is 5. The molecule has 16 heavy (non-hydrogen) atoms. The minimum atomic E-state index is -0.920. The molecule has 0 fully saturated rings. The third-order valence-corrected chi connectivity index (χ3v) is 1.52. The molecule has 0 aromatic heterocycles. The van der Waals surface area contributed by atoms with Crippen molar-refractivity contribution in [2.75, 3.05) is 6.61 Å². The first-order valence-corrected chi connectivity index (χ1v) is 5.08. The molecule has 0 saturated heterocycles. The lowest BCUT2D eigenvalue weighted by atomic mass is 9.95. The van der Waals surface area contributed by atoms with E-state index in [2.05, 4.69) is 4.74 Å². The third-order valence-electron chi connectivity index (χ3n) is 1.52. The maximum Gasteiger partial charge on any atom is 0.321 e. The van der Waals surface area contributed by atoms with Gasteiger partial charge < -0.3 is 4.74 Å². The molecule has 0 rings (SSSR count). The first-order chi connectivity index (χ1) is 7.04. The minimum absolute atomic E-state index is 0.0242. The fourth-order valence-corrected chi connectivity index (χ4v) is 0.681. The molecule has 5 heteroatoms. The highest BCUT2D eigenvalue weighted by molar-refractivity contribution is 5.87. The Hall–Kier alpha value is -0.940. The largest absolute Gasteiger partial charge is 0.393 e. The van der Waals surface area contributed by atoms with Crippen LogP contribution in [0, 0.1) is 5.41 Å². The number of rotatable bonds is 4. The SMILES string of the molecule is CC(=O)OC(=O)C(C)(C)COOC(C)(C)C. The van der Waals surface area contributed by atoms with E-state index in [9.17, 15) is 9.59 Å². The molecule has 0 heterocycles. The molecule has 0 atom stereocenters. The Labute approximate surface area is 96.0 Å². The van der Waals surface area contributed by atoms with Crippen LogP contribution >= 0.6 is 0 Å². The van der Waals surface area contributed by atoms with Crippen LogP contribution in [-0.4, -0.2) is 24.1 Å². The number of ether oxygens (including phenoxy) is 1. The van der Waals surface area contributed by atoms with Gasteiger partial charge in [-0.25, -0.2) is 9.78 Å². The summed E-state index contributed by atoms with van der Waals surface area (Å²) in [6.07, 6.45) is 0. The molecule has 0 unspecified atom stereocenters. The molecule has 94 valence electrons. The quantitative estimate of drug-likeness (QED) is 0.320. The van der Waals surface area contributed by atoms with Gasteiger partial charge in [0.2, 0.25) is 0 Å². The van der Waals surface area contributed by atoms with Gasteiger partial charge in [0.05, 0.1) is 17.6 Å². The summed E-state index contributed by atoms with van der Waals surface area (Å²) >= 11 is 0. The van der Waals surface area contributed by atoms with E-state index in [1.54, 1.807) is 13.8 Å². The van der Waals surface area contributed by atoms with Crippen molar-refractivity contribution in [2.45, 2.75) is 47.1 Å². The van der Waals surface area contributed by atoms with Crippen LogP contribution < -0.4 is 0 Å². The molecule has 5 nitrogen and oxygen atoms in total. The molecule has 0 spiro atoms. The summed E-state index contributed by atoms with van der Waals surface area (Å²) in [5.74, 6) is -1.26. The van der Waals surface area contributed by atoms with Gasteiger partial charge in [-0.05, 0) is 34.6 Å². The summed E-state index contributed by atoms with van der Waals surface area (Å²) < 4.78 is 4.48. The van der Waals surface area contributed by atoms with Gasteiger partial charge in [0.15, 0.2) is 0 Å². The molecule has 0 N–H and O–H groups in total. The van der Waals surface area contributed by atoms with E-state index >= 15 is 0 Å². The first-order valence-electron chi connectivity index (χ1n) is 5.08. The third kappa shape index (κ3) is 6.53. The van der Waals surface area contributed by atoms with Crippen LogP contribution in [0.2, 0.25) is 0 Å². The second kappa shape index (κ2) is 5.41. The Morgan fingerprint density at radius 2 is 1.56 bits per heavy atom. The Balaban J connectivity index is 4.14. The van der Waals surface area contributed by atoms with Crippen LogP contribution in [0.15, 0.2) is 0 Å². The van der Waals surface area contributed by atoms with E-state index in [1.807, 2.05) is 20.8 Å². The lowest BCUT2D eigenvalue weighted by molar-refractivity contribution is -0.357. The molecular formula is C11H20O5. The Bertz CT molecular complexity index is 262. The Morgan fingerprint density at radius 1 is 1.06 bits per heavy atom. The highest BCUT2D eigenvalue weighted by Crippen LogP contribution is 2.19. The van der Waals surface area contributed by atoms with Crippen LogP contribution in [0.1, 0.15) is 41.5 Å². The van der Waals surface area contributed by atoms with Crippen molar-refractivity contribution in [3.05, 3.63) is 0 Å². The monoisotopic (exact) mass is 232 g/mol. The normalized spacial score (nSPS) is 12.4. The summed E-state index contributed by atoms with van der Waals surface area (Å²) in [4.78, 5) is 32.1. The van der Waals surface area contributed by atoms with Gasteiger partial charge in [0, 0.05) is 6.92 Å². The van der Waals surface area contributed by atoms with Crippen LogP contribution in [0.3, 0.4) is 0 Å². The predicted molar refractivity (Wildman–Crippen MR) is 57.3 cm³/mol. The fourth-order valence-electron chi connectivity index (χ4n) is 0.681. The zero-order chi connectivity index (χ0) is 13.0. The number of hydrogen-bond donors (Lipinski definition) is 0. The predicted octanol–water partition coefficient (Wildman–Crippen LogP) is 1.85. The Morgan fingerprint density at radius 3 is 1.94 bits per heavy atom. The number of esters is 2. The van der Waals surface area contributed by atoms with E-state index in [-0.39, 0.29) is 6.61 Å². The van der Waals surface area contributed by atoms with E-state index < -0.39 is 23.0 Å². The second-order valence-electron chi connectivity index (χ2n) is 5.22. The summed E-state index contributed by atoms with van der Waals surface area (Å²) in [6, 6.07) is 0. The molecule has 0 bridgehead atoms. The maximum atomic E-state index is 11.5. The molecule has 0 aromatic carbocycles. The molecule has 0 amide bonds. The zero-order valence-electron chi connectivity index (χ0n) is 10.7. The maximum absolute atomic E-state index is 11.5. The smallest absolute Gasteiger partial charge is 0.321 e. The average molecular weight is 232 g/mol. The molecule has 0 radical (unpaired) electrons. The van der Waals surface area contributed by atoms with E-state index in [1.165, 1.54) is 6.92 Å². The van der Waals surface area contributed by atoms with E-state index in [0.29, 0.717) is 0 Å². The van der Waals surface area contributed by atoms with E-state index in [0.717, 1.165) is 0 Å². The van der Waals surface area contributed by atoms with Crippen LogP contribution in [0.5, 0.6) is 0 Å². The van der Waals surface area contributed by atoms with Gasteiger partial charge in [0.1, 0.15) is 0 Å². The highest BCUT2D eigenvalue weighted by Gasteiger charge is 2.32. The summed E-state index contributed by atoms with van der Waals surface area (Å²) in [5, 5.41) is 0. The molecule has 0 aliphatic heterocycles. The van der Waals surface area contributed by atoms with Crippen molar-refractivity contribution in [3.8, 4) is 0 Å². The zero-order valence-corrected chi connectivity index (χ0v) is 10.7. The molecular weight excluding hydrogens is 212 g/mol. The molecule has 0 aliphatic rings. The van der Waals surface area contributed by atoms with Crippen molar-refractivity contribution in [3.63, 3.8) is 0 Å². The van der Waals surface area contributed by atoms with Gasteiger partial charge in [-0.2, -0.15) is 0 Å². The van der Waals surface area contributed by atoms with Crippen molar-refractivity contribution in [1.82, 2.24) is 0 Å². The fraction of sp³-hybridized carbons (Fsp3) is 0.818. The van der Waals surface area contributed by atoms with Crippen LogP contribution in [0.25, 0.3) is 0 Å². The topological polar surface area (TPSA) is 61.8 Å². The summed E-state index contributed by atoms with van der Waals surface area (Å²) in [5.41, 5.74) is -1.36. The van der Waals surface area contributed by atoms with Gasteiger partial charge in [-0.15, -0.1) is 0 Å². The highest BCUT2D eigenvalue weighted by atomic mass is 17.2. The van der Waals surface area contributed by atoms with Crippen LogP contribution in [-0.2, 0) is 24.1 Å². The standard InChI is InChI=1S/C11H20O5/c1-8(12)15-9(13)11(5,6)7-14-16-10(2,3)4/h7H2,1-6H3. The second-order valence-corrected chi connectivity index (χ2v) is 5.22. The minimum Gasteiger partial charge on any atom is -0.393 e. The van der Waals surface area contributed by atoms with Crippen molar-refractivity contribution in [1.29, 1.82) is 0 Å². The first kappa shape index (κ1) is 15.1. The van der Waals surface area contributed by atoms with Crippen LogP contribution in [0.4, 0.5) is 0 Å². The number of carbonyl (C=O) groups is 2. The Kier molecular flexibility index (Phi) is 5.09. The average Bonchev–Trinajstić information content (AvgIpc) is 1.99. The lowest BCUT2D eigenvalue weighted by Gasteiger charge is -2.24. The van der Waals surface area contributed by atoms with Crippen molar-refractivity contribution in [2.24, 2.45) is 5.41 Å². The molecule has 0 saturated carbocycles. The van der Waals surface area contributed by atoms with E-state index in [4.69, 9.17) is 9.78 Å². The van der Waals surface area contributed by atoms with Crippen molar-refractivity contribution >= 4 is 11.9 Å². The number of carbonyl (C=O) groups excluding carboxylic acids is 2. The molecule has 0 aliphatic carbocycles.